The molecule has 1 saturated heterocycles. The van der Waals surface area contributed by atoms with Crippen LogP contribution >= 0.6 is 0 Å². The van der Waals surface area contributed by atoms with Crippen molar-refractivity contribution in [3.63, 3.8) is 0 Å². The van der Waals surface area contributed by atoms with Gasteiger partial charge in [-0.15, -0.1) is 0 Å². The molecule has 1 fully saturated rings. The van der Waals surface area contributed by atoms with Gasteiger partial charge in [-0.2, -0.15) is 0 Å². The van der Waals surface area contributed by atoms with Crippen molar-refractivity contribution >= 4 is 0 Å². The predicted molar refractivity (Wildman–Crippen MR) is 45.8 cm³/mol. The molecule has 0 bridgehead atoms. The standard InChI is InChI=1S/C9H14N2/c1-7-10-8-5-3-2-4-6-9(8)11-7/h5-7,10-11H,2-4H2,1H3. The first-order valence-corrected chi connectivity index (χ1v) is 4.30. The van der Waals surface area contributed by atoms with Crippen LogP contribution in [0.25, 0.3) is 0 Å². The van der Waals surface area contributed by atoms with E-state index in [1.807, 2.05) is 0 Å². The molecular weight excluding hydrogens is 136 g/mol. The van der Waals surface area contributed by atoms with Gasteiger partial charge in [0.05, 0.1) is 17.6 Å². The molecule has 0 unspecified atom stereocenters. The summed E-state index contributed by atoms with van der Waals surface area (Å²) in [6.45, 7) is 2.14. The quantitative estimate of drug-likeness (QED) is 0.546. The number of hydrogen-bond acceptors (Lipinski definition) is 2. The van der Waals surface area contributed by atoms with E-state index < -0.39 is 0 Å². The number of fused-ring (bicyclic) bond motifs is 1. The van der Waals surface area contributed by atoms with Gasteiger partial charge < -0.3 is 10.6 Å². The van der Waals surface area contributed by atoms with Crippen LogP contribution < -0.4 is 10.6 Å². The van der Waals surface area contributed by atoms with Gasteiger partial charge in [-0.05, 0) is 26.2 Å². The summed E-state index contributed by atoms with van der Waals surface area (Å²) in [6.07, 6.45) is 8.67. The average Bonchev–Trinajstić information content (AvgIpc) is 2.17. The summed E-state index contributed by atoms with van der Waals surface area (Å²) < 4.78 is 0. The fraction of sp³-hybridized carbons (Fsp3) is 0.556. The zero-order valence-electron chi connectivity index (χ0n) is 6.85. The molecule has 1 aliphatic carbocycles. The maximum Gasteiger partial charge on any atom is 0.0935 e. The number of allylic oxidation sites excluding steroid dienone is 2. The van der Waals surface area contributed by atoms with E-state index in [1.54, 1.807) is 0 Å². The highest BCUT2D eigenvalue weighted by Crippen LogP contribution is 2.18. The monoisotopic (exact) mass is 150 g/mol. The molecular formula is C9H14N2. The molecule has 1 heterocycles. The van der Waals surface area contributed by atoms with Crippen molar-refractivity contribution in [3.8, 4) is 0 Å². The van der Waals surface area contributed by atoms with Crippen LogP contribution in [-0.2, 0) is 0 Å². The highest BCUT2D eigenvalue weighted by molar-refractivity contribution is 5.33. The normalized spacial score (nSPS) is 24.1. The second kappa shape index (κ2) is 2.61. The summed E-state index contributed by atoms with van der Waals surface area (Å²) in [7, 11) is 0. The first-order chi connectivity index (χ1) is 5.36. The SMILES string of the molecule is CC1NC2=CCCCC=C2N1. The Labute approximate surface area is 67.4 Å². The van der Waals surface area contributed by atoms with Gasteiger partial charge in [-0.1, -0.05) is 12.2 Å². The lowest BCUT2D eigenvalue weighted by Crippen LogP contribution is -2.25. The van der Waals surface area contributed by atoms with Crippen molar-refractivity contribution in [2.75, 3.05) is 0 Å². The maximum atomic E-state index is 3.38. The average molecular weight is 150 g/mol. The largest absolute Gasteiger partial charge is 0.364 e. The van der Waals surface area contributed by atoms with Gasteiger partial charge in [-0.25, -0.2) is 0 Å². The Balaban J connectivity index is 2.23. The molecule has 60 valence electrons. The van der Waals surface area contributed by atoms with Crippen LogP contribution in [0.1, 0.15) is 26.2 Å². The van der Waals surface area contributed by atoms with E-state index in [-0.39, 0.29) is 0 Å². The molecule has 0 aromatic carbocycles. The minimum atomic E-state index is 0.408. The first kappa shape index (κ1) is 6.77. The third-order valence-electron chi connectivity index (χ3n) is 2.14. The molecule has 0 aromatic rings. The van der Waals surface area contributed by atoms with Crippen molar-refractivity contribution < 1.29 is 0 Å². The lowest BCUT2D eigenvalue weighted by Gasteiger charge is -2.01. The molecule has 2 nitrogen and oxygen atoms in total. The van der Waals surface area contributed by atoms with Gasteiger partial charge in [-0.3, -0.25) is 0 Å². The summed E-state index contributed by atoms with van der Waals surface area (Å²) in [6, 6.07) is 0. The van der Waals surface area contributed by atoms with Crippen LogP contribution in [0.3, 0.4) is 0 Å². The van der Waals surface area contributed by atoms with Crippen LogP contribution in [0.15, 0.2) is 23.5 Å². The summed E-state index contributed by atoms with van der Waals surface area (Å²) >= 11 is 0. The third kappa shape index (κ3) is 1.25. The van der Waals surface area contributed by atoms with E-state index in [9.17, 15) is 0 Å². The Morgan fingerprint density at radius 2 is 1.73 bits per heavy atom. The highest BCUT2D eigenvalue weighted by Gasteiger charge is 2.17. The summed E-state index contributed by atoms with van der Waals surface area (Å²) in [4.78, 5) is 0. The third-order valence-corrected chi connectivity index (χ3v) is 2.14. The second-order valence-corrected chi connectivity index (χ2v) is 3.18. The van der Waals surface area contributed by atoms with Gasteiger partial charge in [0.25, 0.3) is 0 Å². The molecule has 0 saturated carbocycles. The topological polar surface area (TPSA) is 24.1 Å². The Morgan fingerprint density at radius 3 is 2.27 bits per heavy atom. The smallest absolute Gasteiger partial charge is 0.0935 e. The molecule has 2 N–H and O–H groups in total. The van der Waals surface area contributed by atoms with E-state index in [4.69, 9.17) is 0 Å². The van der Waals surface area contributed by atoms with Crippen LogP contribution in [0.5, 0.6) is 0 Å². The lowest BCUT2D eigenvalue weighted by atomic mass is 10.2. The Kier molecular flexibility index (Phi) is 1.60. The van der Waals surface area contributed by atoms with E-state index >= 15 is 0 Å². The molecule has 0 radical (unpaired) electrons. The minimum absolute atomic E-state index is 0.408. The number of rotatable bonds is 0. The van der Waals surface area contributed by atoms with Gasteiger partial charge in [0, 0.05) is 0 Å². The Bertz CT molecular complexity index is 194. The Hall–Kier alpha value is -0.920. The fourth-order valence-electron chi connectivity index (χ4n) is 1.61. The van der Waals surface area contributed by atoms with Crippen molar-refractivity contribution in [1.82, 2.24) is 10.6 Å². The van der Waals surface area contributed by atoms with Crippen LogP contribution in [0, 0.1) is 0 Å². The van der Waals surface area contributed by atoms with Crippen LogP contribution in [0.2, 0.25) is 0 Å². The molecule has 0 atom stereocenters. The zero-order valence-corrected chi connectivity index (χ0v) is 6.85. The van der Waals surface area contributed by atoms with Crippen LogP contribution in [0.4, 0.5) is 0 Å². The number of hydrogen-bond donors (Lipinski definition) is 2. The molecule has 0 amide bonds. The van der Waals surface area contributed by atoms with E-state index in [0.29, 0.717) is 6.17 Å². The van der Waals surface area contributed by atoms with E-state index in [1.165, 1.54) is 30.7 Å². The molecule has 11 heavy (non-hydrogen) atoms. The van der Waals surface area contributed by atoms with Crippen LogP contribution in [-0.4, -0.2) is 6.17 Å². The maximum absolute atomic E-state index is 3.38. The lowest BCUT2D eigenvalue weighted by molar-refractivity contribution is 0.625. The highest BCUT2D eigenvalue weighted by atomic mass is 15.2. The minimum Gasteiger partial charge on any atom is -0.364 e. The molecule has 2 rings (SSSR count). The van der Waals surface area contributed by atoms with Crippen molar-refractivity contribution in [1.29, 1.82) is 0 Å². The summed E-state index contributed by atoms with van der Waals surface area (Å²) in [5.41, 5.74) is 2.60. The number of nitrogens with one attached hydrogen (secondary N) is 2. The molecule has 2 aliphatic rings. The van der Waals surface area contributed by atoms with Crippen molar-refractivity contribution in [2.24, 2.45) is 0 Å². The van der Waals surface area contributed by atoms with Gasteiger partial charge in [0.1, 0.15) is 0 Å². The van der Waals surface area contributed by atoms with Gasteiger partial charge in [0.2, 0.25) is 0 Å². The van der Waals surface area contributed by atoms with Crippen molar-refractivity contribution in [3.05, 3.63) is 23.5 Å². The summed E-state index contributed by atoms with van der Waals surface area (Å²) in [5, 5.41) is 6.75. The van der Waals surface area contributed by atoms with E-state index in [2.05, 4.69) is 29.7 Å². The molecule has 2 heteroatoms. The van der Waals surface area contributed by atoms with Gasteiger partial charge >= 0.3 is 0 Å². The fourth-order valence-corrected chi connectivity index (χ4v) is 1.61. The predicted octanol–water partition coefficient (Wildman–Crippen LogP) is 1.48. The van der Waals surface area contributed by atoms with Crippen molar-refractivity contribution in [2.45, 2.75) is 32.4 Å². The molecule has 1 aliphatic heterocycles. The summed E-state index contributed by atoms with van der Waals surface area (Å²) in [5.74, 6) is 0. The molecule has 0 spiro atoms. The van der Waals surface area contributed by atoms with Gasteiger partial charge in [0.15, 0.2) is 0 Å². The first-order valence-electron chi connectivity index (χ1n) is 4.30. The Morgan fingerprint density at radius 1 is 1.18 bits per heavy atom. The second-order valence-electron chi connectivity index (χ2n) is 3.18. The van der Waals surface area contributed by atoms with E-state index in [0.717, 1.165) is 0 Å². The zero-order chi connectivity index (χ0) is 7.68. The molecule has 0 aromatic heterocycles.